The fraction of sp³-hybridized carbons (Fsp3) is 0.273. The van der Waals surface area contributed by atoms with Gasteiger partial charge in [-0.15, -0.1) is 10.2 Å². The van der Waals surface area contributed by atoms with E-state index < -0.39 is 4.92 Å². The van der Waals surface area contributed by atoms with Crippen LogP contribution < -0.4 is 5.32 Å². The van der Waals surface area contributed by atoms with Crippen LogP contribution in [0.5, 0.6) is 0 Å². The fourth-order valence-corrected chi connectivity index (χ4v) is 2.30. The molecular formula is C11H12N4O2S. The third kappa shape index (κ3) is 2.52. The van der Waals surface area contributed by atoms with E-state index in [9.17, 15) is 10.1 Å². The molecule has 1 aromatic heterocycles. The van der Waals surface area contributed by atoms with Gasteiger partial charge in [-0.25, -0.2) is 0 Å². The highest BCUT2D eigenvalue weighted by molar-refractivity contribution is 7.14. The van der Waals surface area contributed by atoms with Crippen molar-refractivity contribution in [2.45, 2.75) is 13.0 Å². The lowest BCUT2D eigenvalue weighted by Crippen LogP contribution is -2.11. The Hall–Kier alpha value is -1.86. The van der Waals surface area contributed by atoms with Gasteiger partial charge in [0.2, 0.25) is 0 Å². The van der Waals surface area contributed by atoms with E-state index in [0.29, 0.717) is 5.01 Å². The van der Waals surface area contributed by atoms with Crippen LogP contribution in [0, 0.1) is 10.1 Å². The second-order valence-corrected chi connectivity index (χ2v) is 4.77. The lowest BCUT2D eigenvalue weighted by Gasteiger charge is -2.02. The van der Waals surface area contributed by atoms with E-state index in [1.807, 2.05) is 14.0 Å². The van der Waals surface area contributed by atoms with E-state index in [1.54, 1.807) is 12.1 Å². The molecule has 1 atom stereocenters. The summed E-state index contributed by atoms with van der Waals surface area (Å²) >= 11 is 1.43. The van der Waals surface area contributed by atoms with Crippen molar-refractivity contribution in [2.24, 2.45) is 0 Å². The molecule has 0 saturated heterocycles. The van der Waals surface area contributed by atoms with Gasteiger partial charge in [-0.1, -0.05) is 23.5 Å². The first-order valence-corrected chi connectivity index (χ1v) is 6.19. The maximum Gasteiger partial charge on any atom is 0.270 e. The third-order valence-corrected chi connectivity index (χ3v) is 3.70. The molecule has 1 N–H and O–H groups in total. The molecule has 0 spiro atoms. The zero-order valence-corrected chi connectivity index (χ0v) is 10.8. The Morgan fingerprint density at radius 2 is 2.22 bits per heavy atom. The van der Waals surface area contributed by atoms with E-state index in [1.165, 1.54) is 23.5 Å². The zero-order chi connectivity index (χ0) is 13.1. The van der Waals surface area contributed by atoms with Crippen molar-refractivity contribution >= 4 is 17.0 Å². The number of nitrogens with one attached hydrogen (secondary N) is 1. The topological polar surface area (TPSA) is 81.0 Å². The summed E-state index contributed by atoms with van der Waals surface area (Å²) < 4.78 is 0. The SMILES string of the molecule is CNC(C)c1nnc(-c2cccc([N+](=O)[O-])c2)s1. The van der Waals surface area contributed by atoms with Gasteiger partial charge < -0.3 is 5.32 Å². The number of benzene rings is 1. The van der Waals surface area contributed by atoms with E-state index >= 15 is 0 Å². The van der Waals surface area contributed by atoms with Gasteiger partial charge in [-0.2, -0.15) is 0 Å². The van der Waals surface area contributed by atoms with Crippen molar-refractivity contribution in [3.63, 3.8) is 0 Å². The Morgan fingerprint density at radius 1 is 1.44 bits per heavy atom. The Kier molecular flexibility index (Phi) is 3.63. The molecule has 0 bridgehead atoms. The number of nitro groups is 1. The lowest BCUT2D eigenvalue weighted by atomic mass is 10.2. The predicted octanol–water partition coefficient (Wildman–Crippen LogP) is 2.39. The highest BCUT2D eigenvalue weighted by Gasteiger charge is 2.13. The van der Waals surface area contributed by atoms with Crippen molar-refractivity contribution in [3.05, 3.63) is 39.4 Å². The number of nitrogens with zero attached hydrogens (tertiary/aromatic N) is 3. The summed E-state index contributed by atoms with van der Waals surface area (Å²) in [7, 11) is 1.85. The molecule has 0 aliphatic carbocycles. The normalized spacial score (nSPS) is 12.3. The van der Waals surface area contributed by atoms with E-state index in [-0.39, 0.29) is 11.7 Å². The van der Waals surface area contributed by atoms with Crippen LogP contribution in [-0.4, -0.2) is 22.2 Å². The quantitative estimate of drug-likeness (QED) is 0.677. The molecule has 0 fully saturated rings. The van der Waals surface area contributed by atoms with Gasteiger partial charge in [0.1, 0.15) is 10.0 Å². The molecule has 0 saturated carbocycles. The summed E-state index contributed by atoms with van der Waals surface area (Å²) in [6.07, 6.45) is 0. The van der Waals surface area contributed by atoms with Crippen LogP contribution in [0.2, 0.25) is 0 Å². The summed E-state index contributed by atoms with van der Waals surface area (Å²) in [5, 5.41) is 23.5. The summed E-state index contributed by atoms with van der Waals surface area (Å²) in [6, 6.07) is 6.53. The van der Waals surface area contributed by atoms with Crippen molar-refractivity contribution in [1.82, 2.24) is 15.5 Å². The van der Waals surface area contributed by atoms with Gasteiger partial charge >= 0.3 is 0 Å². The molecule has 6 nitrogen and oxygen atoms in total. The van der Waals surface area contributed by atoms with Gasteiger partial charge in [0.25, 0.3) is 5.69 Å². The van der Waals surface area contributed by atoms with Crippen molar-refractivity contribution in [2.75, 3.05) is 7.05 Å². The van der Waals surface area contributed by atoms with Gasteiger partial charge in [0.15, 0.2) is 0 Å². The standard InChI is InChI=1S/C11H12N4O2S/c1-7(12-2)10-13-14-11(18-10)8-4-3-5-9(6-8)15(16)17/h3-7,12H,1-2H3. The number of hydrogen-bond donors (Lipinski definition) is 1. The predicted molar refractivity (Wildman–Crippen MR) is 69.5 cm³/mol. The molecule has 1 heterocycles. The average molecular weight is 264 g/mol. The van der Waals surface area contributed by atoms with Crippen LogP contribution in [0.4, 0.5) is 5.69 Å². The van der Waals surface area contributed by atoms with Crippen molar-refractivity contribution in [3.8, 4) is 10.6 Å². The number of hydrogen-bond acceptors (Lipinski definition) is 6. The molecule has 1 aromatic carbocycles. The lowest BCUT2D eigenvalue weighted by molar-refractivity contribution is -0.384. The highest BCUT2D eigenvalue weighted by atomic mass is 32.1. The van der Waals surface area contributed by atoms with E-state index in [0.717, 1.165) is 10.6 Å². The van der Waals surface area contributed by atoms with Gasteiger partial charge in [-0.05, 0) is 14.0 Å². The summed E-state index contributed by atoms with van der Waals surface area (Å²) in [5.41, 5.74) is 0.780. The molecule has 2 aromatic rings. The van der Waals surface area contributed by atoms with Crippen LogP contribution in [0.1, 0.15) is 18.0 Å². The molecule has 7 heteroatoms. The molecule has 0 amide bonds. The maximum absolute atomic E-state index is 10.7. The maximum atomic E-state index is 10.7. The summed E-state index contributed by atoms with van der Waals surface area (Å²) in [6.45, 7) is 1.98. The molecule has 18 heavy (non-hydrogen) atoms. The Morgan fingerprint density at radius 3 is 2.89 bits per heavy atom. The third-order valence-electron chi connectivity index (χ3n) is 2.55. The van der Waals surface area contributed by atoms with Crippen LogP contribution in [-0.2, 0) is 0 Å². The number of rotatable bonds is 4. The molecule has 0 aliphatic rings. The van der Waals surface area contributed by atoms with E-state index in [2.05, 4.69) is 15.5 Å². The Labute approximate surface area is 108 Å². The van der Waals surface area contributed by atoms with Gasteiger partial charge in [0, 0.05) is 17.7 Å². The Balaban J connectivity index is 2.34. The monoisotopic (exact) mass is 264 g/mol. The minimum atomic E-state index is -0.415. The molecule has 2 rings (SSSR count). The number of nitro benzene ring substituents is 1. The molecule has 94 valence electrons. The minimum absolute atomic E-state index is 0.0610. The summed E-state index contributed by atoms with van der Waals surface area (Å²) in [4.78, 5) is 10.3. The molecule has 1 unspecified atom stereocenters. The Bertz CT molecular complexity index is 570. The first-order valence-electron chi connectivity index (χ1n) is 5.37. The average Bonchev–Trinajstić information content (AvgIpc) is 2.87. The molecule has 0 aliphatic heterocycles. The van der Waals surface area contributed by atoms with Crippen molar-refractivity contribution in [1.29, 1.82) is 0 Å². The van der Waals surface area contributed by atoms with E-state index in [4.69, 9.17) is 0 Å². The number of non-ortho nitro benzene ring substituents is 1. The summed E-state index contributed by atoms with van der Waals surface area (Å²) in [5.74, 6) is 0. The van der Waals surface area contributed by atoms with Gasteiger partial charge in [-0.3, -0.25) is 10.1 Å². The van der Waals surface area contributed by atoms with Crippen LogP contribution in [0.3, 0.4) is 0 Å². The van der Waals surface area contributed by atoms with Gasteiger partial charge in [0.05, 0.1) is 11.0 Å². The minimum Gasteiger partial charge on any atom is -0.311 e. The first kappa shape index (κ1) is 12.6. The highest BCUT2D eigenvalue weighted by Crippen LogP contribution is 2.28. The molecular weight excluding hydrogens is 252 g/mol. The smallest absolute Gasteiger partial charge is 0.270 e. The second kappa shape index (κ2) is 5.19. The second-order valence-electron chi connectivity index (χ2n) is 3.76. The first-order chi connectivity index (χ1) is 8.61. The van der Waals surface area contributed by atoms with Crippen molar-refractivity contribution < 1.29 is 4.92 Å². The molecule has 0 radical (unpaired) electrons. The number of aromatic nitrogens is 2. The van der Waals surface area contributed by atoms with Crippen LogP contribution >= 0.6 is 11.3 Å². The van der Waals surface area contributed by atoms with Crippen LogP contribution in [0.15, 0.2) is 24.3 Å². The van der Waals surface area contributed by atoms with Crippen LogP contribution in [0.25, 0.3) is 10.6 Å². The zero-order valence-electron chi connectivity index (χ0n) is 9.95. The fourth-order valence-electron chi connectivity index (χ4n) is 1.40. The largest absolute Gasteiger partial charge is 0.311 e.